The third-order valence-electron chi connectivity index (χ3n) is 3.97. The quantitative estimate of drug-likeness (QED) is 0.758. The minimum Gasteiger partial charge on any atom is -0.324 e. The summed E-state index contributed by atoms with van der Waals surface area (Å²) in [5.41, 5.74) is 6.12. The van der Waals surface area contributed by atoms with Gasteiger partial charge in [-0.05, 0) is 52.0 Å². The Morgan fingerprint density at radius 2 is 1.80 bits per heavy atom. The molecular formula is C13H26N2. The Balaban J connectivity index is 1.97. The zero-order valence-electron chi connectivity index (χ0n) is 10.3. The van der Waals surface area contributed by atoms with Gasteiger partial charge in [0.05, 0.1) is 0 Å². The van der Waals surface area contributed by atoms with Gasteiger partial charge in [-0.15, -0.1) is 0 Å². The zero-order valence-corrected chi connectivity index (χ0v) is 10.3. The Bertz CT molecular complexity index is 205. The molecule has 0 spiro atoms. The van der Waals surface area contributed by atoms with Crippen LogP contribution in [0, 0.1) is 5.92 Å². The largest absolute Gasteiger partial charge is 0.324 e. The lowest BCUT2D eigenvalue weighted by Gasteiger charge is -2.46. The second-order valence-electron chi connectivity index (χ2n) is 6.21. The summed E-state index contributed by atoms with van der Waals surface area (Å²) in [6.45, 7) is 6.66. The maximum atomic E-state index is 6.15. The van der Waals surface area contributed by atoms with E-state index in [-0.39, 0.29) is 5.54 Å². The van der Waals surface area contributed by atoms with Crippen LogP contribution in [0.25, 0.3) is 0 Å². The minimum atomic E-state index is -0.0284. The van der Waals surface area contributed by atoms with Gasteiger partial charge in [-0.1, -0.05) is 12.8 Å². The molecule has 2 fully saturated rings. The van der Waals surface area contributed by atoms with Crippen molar-refractivity contribution in [2.45, 2.75) is 64.0 Å². The highest BCUT2D eigenvalue weighted by atomic mass is 15.2. The molecule has 2 atom stereocenters. The van der Waals surface area contributed by atoms with Gasteiger partial charge in [0.15, 0.2) is 0 Å². The molecule has 1 saturated heterocycles. The Kier molecular flexibility index (Phi) is 3.36. The first-order valence-electron chi connectivity index (χ1n) is 6.59. The van der Waals surface area contributed by atoms with Crippen molar-refractivity contribution >= 4 is 0 Å². The molecule has 2 heteroatoms. The van der Waals surface area contributed by atoms with Gasteiger partial charge in [0.2, 0.25) is 0 Å². The molecule has 0 radical (unpaired) electrons. The van der Waals surface area contributed by atoms with Crippen molar-refractivity contribution in [1.29, 1.82) is 0 Å². The highest BCUT2D eigenvalue weighted by Crippen LogP contribution is 2.35. The molecule has 2 nitrogen and oxygen atoms in total. The average molecular weight is 210 g/mol. The molecule has 1 saturated carbocycles. The van der Waals surface area contributed by atoms with Crippen molar-refractivity contribution in [1.82, 2.24) is 4.90 Å². The molecule has 0 bridgehead atoms. The van der Waals surface area contributed by atoms with Crippen LogP contribution in [-0.2, 0) is 0 Å². The molecule has 2 aliphatic rings. The summed E-state index contributed by atoms with van der Waals surface area (Å²) in [6, 6.07) is 0.857. The van der Waals surface area contributed by atoms with Crippen LogP contribution in [0.5, 0.6) is 0 Å². The molecule has 2 N–H and O–H groups in total. The number of likely N-dealkylation sites (tertiary alicyclic amines) is 1. The van der Waals surface area contributed by atoms with E-state index in [1.807, 2.05) is 0 Å². The van der Waals surface area contributed by atoms with Crippen LogP contribution in [0.2, 0.25) is 0 Å². The topological polar surface area (TPSA) is 29.3 Å². The summed E-state index contributed by atoms with van der Waals surface area (Å²) in [4.78, 5) is 2.67. The van der Waals surface area contributed by atoms with Crippen LogP contribution in [0.4, 0.5) is 0 Å². The Labute approximate surface area is 94.2 Å². The van der Waals surface area contributed by atoms with Crippen molar-refractivity contribution in [3.05, 3.63) is 0 Å². The lowest BCUT2D eigenvalue weighted by atomic mass is 9.78. The molecule has 1 aliphatic carbocycles. The first kappa shape index (κ1) is 11.4. The summed E-state index contributed by atoms with van der Waals surface area (Å²) in [5, 5.41) is 0. The van der Waals surface area contributed by atoms with Crippen LogP contribution < -0.4 is 5.73 Å². The highest BCUT2D eigenvalue weighted by Gasteiger charge is 2.34. The maximum absolute atomic E-state index is 6.15. The Hall–Kier alpha value is -0.0800. The van der Waals surface area contributed by atoms with Gasteiger partial charge < -0.3 is 5.73 Å². The van der Waals surface area contributed by atoms with E-state index in [9.17, 15) is 0 Å². The number of hydrogen-bond acceptors (Lipinski definition) is 2. The van der Waals surface area contributed by atoms with E-state index in [1.165, 1.54) is 45.1 Å². The van der Waals surface area contributed by atoms with Gasteiger partial charge in [-0.25, -0.2) is 0 Å². The van der Waals surface area contributed by atoms with E-state index >= 15 is 0 Å². The average Bonchev–Trinajstić information content (AvgIpc) is 2.16. The minimum absolute atomic E-state index is 0.0284. The SMILES string of the molecule is CC(C)(N)CN1CCC[C@H]2CCCC[C@H]21. The highest BCUT2D eigenvalue weighted by molar-refractivity contribution is 4.90. The number of rotatable bonds is 2. The predicted molar refractivity (Wildman–Crippen MR) is 64.8 cm³/mol. The molecule has 1 aliphatic heterocycles. The fourth-order valence-electron chi connectivity index (χ4n) is 3.45. The molecular weight excluding hydrogens is 184 g/mol. The smallest absolute Gasteiger partial charge is 0.0226 e. The van der Waals surface area contributed by atoms with Crippen LogP contribution in [-0.4, -0.2) is 29.6 Å². The Morgan fingerprint density at radius 1 is 1.13 bits per heavy atom. The first-order chi connectivity index (χ1) is 7.06. The third-order valence-corrected chi connectivity index (χ3v) is 3.97. The molecule has 2 rings (SSSR count). The van der Waals surface area contributed by atoms with Gasteiger partial charge in [-0.2, -0.15) is 0 Å². The van der Waals surface area contributed by atoms with E-state index in [1.54, 1.807) is 0 Å². The zero-order chi connectivity index (χ0) is 10.9. The summed E-state index contributed by atoms with van der Waals surface area (Å²) < 4.78 is 0. The van der Waals surface area contributed by atoms with Crippen LogP contribution >= 0.6 is 0 Å². The van der Waals surface area contributed by atoms with E-state index in [2.05, 4.69) is 18.7 Å². The van der Waals surface area contributed by atoms with Crippen molar-refractivity contribution in [2.75, 3.05) is 13.1 Å². The number of piperidine rings is 1. The van der Waals surface area contributed by atoms with Crippen LogP contribution in [0.1, 0.15) is 52.4 Å². The molecule has 88 valence electrons. The lowest BCUT2D eigenvalue weighted by Crippen LogP contribution is -2.54. The normalized spacial score (nSPS) is 33.8. The first-order valence-corrected chi connectivity index (χ1v) is 6.59. The molecule has 0 amide bonds. The molecule has 0 aromatic rings. The molecule has 1 heterocycles. The summed E-state index contributed by atoms with van der Waals surface area (Å²) in [7, 11) is 0. The molecule has 0 aromatic heterocycles. The summed E-state index contributed by atoms with van der Waals surface area (Å²) >= 11 is 0. The van der Waals surface area contributed by atoms with E-state index < -0.39 is 0 Å². The molecule has 0 aromatic carbocycles. The Morgan fingerprint density at radius 3 is 2.53 bits per heavy atom. The monoisotopic (exact) mass is 210 g/mol. The van der Waals surface area contributed by atoms with Crippen molar-refractivity contribution in [2.24, 2.45) is 11.7 Å². The van der Waals surface area contributed by atoms with Crippen molar-refractivity contribution in [3.8, 4) is 0 Å². The summed E-state index contributed by atoms with van der Waals surface area (Å²) in [5.74, 6) is 0.981. The van der Waals surface area contributed by atoms with Gasteiger partial charge in [0, 0.05) is 18.1 Å². The van der Waals surface area contributed by atoms with Crippen LogP contribution in [0.3, 0.4) is 0 Å². The van der Waals surface area contributed by atoms with Crippen molar-refractivity contribution in [3.63, 3.8) is 0 Å². The number of hydrogen-bond donors (Lipinski definition) is 1. The fraction of sp³-hybridized carbons (Fsp3) is 1.00. The molecule has 0 unspecified atom stereocenters. The lowest BCUT2D eigenvalue weighted by molar-refractivity contribution is 0.0472. The second kappa shape index (κ2) is 4.42. The van der Waals surface area contributed by atoms with Gasteiger partial charge >= 0.3 is 0 Å². The number of nitrogens with zero attached hydrogens (tertiary/aromatic N) is 1. The fourth-order valence-corrected chi connectivity index (χ4v) is 3.45. The number of fused-ring (bicyclic) bond motifs is 1. The molecule has 15 heavy (non-hydrogen) atoms. The van der Waals surface area contributed by atoms with E-state index in [0.29, 0.717) is 0 Å². The summed E-state index contributed by atoms with van der Waals surface area (Å²) in [6.07, 6.45) is 8.63. The van der Waals surface area contributed by atoms with Crippen LogP contribution in [0.15, 0.2) is 0 Å². The second-order valence-corrected chi connectivity index (χ2v) is 6.21. The van der Waals surface area contributed by atoms with E-state index in [0.717, 1.165) is 18.5 Å². The third kappa shape index (κ3) is 2.94. The van der Waals surface area contributed by atoms with Crippen molar-refractivity contribution < 1.29 is 0 Å². The number of nitrogens with two attached hydrogens (primary N) is 1. The van der Waals surface area contributed by atoms with Gasteiger partial charge in [0.1, 0.15) is 0 Å². The van der Waals surface area contributed by atoms with Gasteiger partial charge in [0.25, 0.3) is 0 Å². The maximum Gasteiger partial charge on any atom is 0.0226 e. The van der Waals surface area contributed by atoms with Gasteiger partial charge in [-0.3, -0.25) is 4.90 Å². The predicted octanol–water partition coefficient (Wildman–Crippen LogP) is 2.38. The standard InChI is InChI=1S/C13H26N2/c1-13(2,14)10-15-9-5-7-11-6-3-4-8-12(11)15/h11-12H,3-10,14H2,1-2H3/t11-,12-/m1/s1. The van der Waals surface area contributed by atoms with E-state index in [4.69, 9.17) is 5.73 Å².